The third kappa shape index (κ3) is 3.72. The van der Waals surface area contributed by atoms with Gasteiger partial charge in [0.25, 0.3) is 0 Å². The highest BCUT2D eigenvalue weighted by Crippen LogP contribution is 2.64. The van der Waals surface area contributed by atoms with E-state index in [9.17, 15) is 30.9 Å². The molecule has 0 amide bonds. The predicted octanol–water partition coefficient (Wildman–Crippen LogP) is 3.86. The summed E-state index contributed by atoms with van der Waals surface area (Å²) in [5.41, 5.74) is -4.73. The highest BCUT2D eigenvalue weighted by Gasteiger charge is 2.74. The Bertz CT molecular complexity index is 791. The summed E-state index contributed by atoms with van der Waals surface area (Å²) in [5, 5.41) is 0.956. The SMILES string of the molecule is CCO[P@@]1(=O)N=C(NC2=NC(C(F)(F)F)(C(F)(F)F)N=C(CC)O2)N(C)C1(C)C. The standard InChI is InChI=1S/C14H20F6N5O3P/c1-6-8-22-12(13(15,16)17,14(18,19)20)23-10(28-8)21-9-24-29(26,27-7-2)11(3,4)25(9)5/h6-7H2,1-5H3,(H,21,23,24,26)/t29-/m1/s1. The summed E-state index contributed by atoms with van der Waals surface area (Å²) < 4.78 is 107. The van der Waals surface area contributed by atoms with Crippen molar-refractivity contribution in [2.75, 3.05) is 13.7 Å². The van der Waals surface area contributed by atoms with E-state index in [0.717, 1.165) is 0 Å². The molecular weight excluding hydrogens is 431 g/mol. The van der Waals surface area contributed by atoms with E-state index in [1.807, 2.05) is 0 Å². The number of ether oxygens (including phenoxy) is 1. The molecule has 0 aliphatic carbocycles. The predicted molar refractivity (Wildman–Crippen MR) is 92.7 cm³/mol. The van der Waals surface area contributed by atoms with Crippen molar-refractivity contribution in [2.24, 2.45) is 14.7 Å². The molecule has 0 fully saturated rings. The van der Waals surface area contributed by atoms with Gasteiger partial charge in [-0.1, -0.05) is 6.92 Å². The minimum absolute atomic E-state index is 0.0284. The first kappa shape index (κ1) is 23.5. The molecule has 0 aromatic heterocycles. The minimum Gasteiger partial charge on any atom is -0.411 e. The maximum absolute atomic E-state index is 13.4. The Morgan fingerprint density at radius 2 is 1.69 bits per heavy atom. The van der Waals surface area contributed by atoms with Gasteiger partial charge in [0.05, 0.1) is 6.61 Å². The van der Waals surface area contributed by atoms with Gasteiger partial charge in [-0.05, 0) is 20.8 Å². The van der Waals surface area contributed by atoms with Gasteiger partial charge in [0.15, 0.2) is 5.90 Å². The van der Waals surface area contributed by atoms with Crippen LogP contribution in [0.4, 0.5) is 26.3 Å². The number of halogens is 6. The van der Waals surface area contributed by atoms with Crippen molar-refractivity contribution in [1.82, 2.24) is 10.2 Å². The lowest BCUT2D eigenvalue weighted by atomic mass is 10.1. The van der Waals surface area contributed by atoms with E-state index >= 15 is 0 Å². The Balaban J connectivity index is 2.53. The van der Waals surface area contributed by atoms with Crippen LogP contribution in [0.2, 0.25) is 0 Å². The summed E-state index contributed by atoms with van der Waals surface area (Å²) in [6, 6.07) is -1.13. The van der Waals surface area contributed by atoms with Crippen molar-refractivity contribution in [3.8, 4) is 0 Å². The van der Waals surface area contributed by atoms with Crippen LogP contribution in [0, 0.1) is 0 Å². The molecule has 166 valence electrons. The summed E-state index contributed by atoms with van der Waals surface area (Å²) in [5.74, 6) is -1.15. The average molecular weight is 451 g/mol. The second-order valence-corrected chi connectivity index (χ2v) is 9.18. The molecule has 0 saturated carbocycles. The van der Waals surface area contributed by atoms with Crippen LogP contribution in [-0.2, 0) is 13.8 Å². The first-order valence-corrected chi connectivity index (χ1v) is 9.98. The zero-order valence-electron chi connectivity index (χ0n) is 16.1. The number of amidine groups is 1. The molecule has 2 aliphatic heterocycles. The number of alkyl halides is 6. The molecule has 0 saturated heterocycles. The lowest BCUT2D eigenvalue weighted by Crippen LogP contribution is -2.58. The quantitative estimate of drug-likeness (QED) is 0.520. The second-order valence-electron chi connectivity index (χ2n) is 6.59. The molecule has 0 bridgehead atoms. The molecule has 15 heteroatoms. The Morgan fingerprint density at radius 3 is 2.14 bits per heavy atom. The van der Waals surface area contributed by atoms with Crippen LogP contribution >= 0.6 is 7.52 Å². The van der Waals surface area contributed by atoms with Gasteiger partial charge < -0.3 is 14.2 Å². The van der Waals surface area contributed by atoms with Gasteiger partial charge in [0.2, 0.25) is 5.96 Å². The second kappa shape index (κ2) is 7.15. The minimum atomic E-state index is -5.88. The molecule has 1 atom stereocenters. The first-order chi connectivity index (χ1) is 13.0. The van der Waals surface area contributed by atoms with Crippen LogP contribution in [-0.4, -0.2) is 59.7 Å². The van der Waals surface area contributed by atoms with Gasteiger partial charge in [0.1, 0.15) is 5.28 Å². The van der Waals surface area contributed by atoms with E-state index in [2.05, 4.69) is 20.1 Å². The maximum atomic E-state index is 13.4. The Hall–Kier alpha value is -1.82. The number of hydrogen-bond donors (Lipinski definition) is 1. The molecule has 0 aromatic carbocycles. The Labute approximate surface area is 162 Å². The summed E-state index contributed by atoms with van der Waals surface area (Å²) in [6.07, 6.45) is -12.1. The van der Waals surface area contributed by atoms with Gasteiger partial charge in [-0.3, -0.25) is 9.88 Å². The third-order valence-corrected chi connectivity index (χ3v) is 7.18. The van der Waals surface area contributed by atoms with Crippen molar-refractivity contribution in [3.63, 3.8) is 0 Å². The van der Waals surface area contributed by atoms with Crippen molar-refractivity contribution in [3.05, 3.63) is 0 Å². The lowest BCUT2D eigenvalue weighted by Gasteiger charge is -2.35. The first-order valence-electron chi connectivity index (χ1n) is 8.40. The van der Waals surface area contributed by atoms with E-state index in [4.69, 9.17) is 9.26 Å². The molecule has 0 spiro atoms. The van der Waals surface area contributed by atoms with Crippen LogP contribution in [0.1, 0.15) is 34.1 Å². The summed E-state index contributed by atoms with van der Waals surface area (Å²) in [7, 11) is -2.31. The van der Waals surface area contributed by atoms with Gasteiger partial charge in [-0.25, -0.2) is 4.99 Å². The molecule has 2 heterocycles. The highest BCUT2D eigenvalue weighted by molar-refractivity contribution is 7.59. The fourth-order valence-corrected chi connectivity index (χ4v) is 4.33. The number of nitrogens with zero attached hydrogens (tertiary/aromatic N) is 4. The Morgan fingerprint density at radius 1 is 1.14 bits per heavy atom. The van der Waals surface area contributed by atoms with E-state index in [1.54, 1.807) is 6.92 Å². The van der Waals surface area contributed by atoms with Crippen LogP contribution in [0.25, 0.3) is 0 Å². The molecule has 2 aliphatic rings. The molecule has 1 N–H and O–H groups in total. The lowest BCUT2D eigenvalue weighted by molar-refractivity contribution is -0.293. The highest BCUT2D eigenvalue weighted by atomic mass is 31.2. The molecule has 0 aromatic rings. The number of rotatable bonds is 3. The van der Waals surface area contributed by atoms with Crippen molar-refractivity contribution >= 4 is 25.4 Å². The fourth-order valence-electron chi connectivity index (χ4n) is 2.46. The number of nitrogens with one attached hydrogen (secondary N) is 1. The van der Waals surface area contributed by atoms with Gasteiger partial charge >= 0.3 is 31.6 Å². The van der Waals surface area contributed by atoms with E-state index in [1.165, 1.54) is 32.7 Å². The number of aliphatic imine (C=N–C) groups is 2. The fraction of sp³-hybridized carbons (Fsp3) is 0.786. The largest absolute Gasteiger partial charge is 0.443 e. The molecule has 8 nitrogen and oxygen atoms in total. The third-order valence-electron chi connectivity index (χ3n) is 4.44. The topological polar surface area (TPSA) is 87.9 Å². The molecule has 29 heavy (non-hydrogen) atoms. The van der Waals surface area contributed by atoms with Crippen LogP contribution < -0.4 is 5.32 Å². The van der Waals surface area contributed by atoms with E-state index < -0.39 is 42.7 Å². The van der Waals surface area contributed by atoms with Crippen LogP contribution in [0.5, 0.6) is 0 Å². The summed E-state index contributed by atoms with van der Waals surface area (Å²) in [4.78, 5) is 6.65. The van der Waals surface area contributed by atoms with Crippen LogP contribution in [0.3, 0.4) is 0 Å². The van der Waals surface area contributed by atoms with E-state index in [0.29, 0.717) is 0 Å². The van der Waals surface area contributed by atoms with Gasteiger partial charge in [-0.15, -0.1) is 0 Å². The maximum Gasteiger partial charge on any atom is 0.443 e. The van der Waals surface area contributed by atoms with E-state index in [-0.39, 0.29) is 19.0 Å². The zero-order valence-corrected chi connectivity index (χ0v) is 17.0. The number of guanidine groups is 1. The van der Waals surface area contributed by atoms with Gasteiger partial charge in [-0.2, -0.15) is 36.1 Å². The van der Waals surface area contributed by atoms with Crippen molar-refractivity contribution in [2.45, 2.75) is 57.4 Å². The summed E-state index contributed by atoms with van der Waals surface area (Å²) >= 11 is 0. The monoisotopic (exact) mass is 451 g/mol. The summed E-state index contributed by atoms with van der Waals surface area (Å²) in [6.45, 7) is 5.86. The van der Waals surface area contributed by atoms with Gasteiger partial charge in [0, 0.05) is 13.5 Å². The molecular formula is C14H20F6N5O3P. The average Bonchev–Trinajstić information content (AvgIpc) is 2.73. The molecule has 0 unspecified atom stereocenters. The number of hydrogen-bond acceptors (Lipinski definition) is 7. The molecule has 0 radical (unpaired) electrons. The van der Waals surface area contributed by atoms with Crippen molar-refractivity contribution in [1.29, 1.82) is 0 Å². The Kier molecular flexibility index (Phi) is 5.78. The van der Waals surface area contributed by atoms with Crippen LogP contribution in [0.15, 0.2) is 14.7 Å². The molecule has 2 rings (SSSR count). The zero-order chi connectivity index (χ0) is 22.5. The normalized spacial score (nSPS) is 26.4. The smallest absolute Gasteiger partial charge is 0.411 e. The van der Waals surface area contributed by atoms with Crippen molar-refractivity contribution < 1.29 is 40.2 Å².